The summed E-state index contributed by atoms with van der Waals surface area (Å²) in [6, 6.07) is 11.7. The minimum absolute atomic E-state index is 0.0983. The first-order valence-electron chi connectivity index (χ1n) is 11.3. The first kappa shape index (κ1) is 24.1. The third-order valence-corrected chi connectivity index (χ3v) is 5.27. The Labute approximate surface area is 202 Å². The molecule has 0 saturated heterocycles. The van der Waals surface area contributed by atoms with E-state index < -0.39 is 18.5 Å². The number of carbonyl (C=O) groups excluding carboxylic acids is 2. The monoisotopic (exact) mass is 481 g/mol. The van der Waals surface area contributed by atoms with Crippen molar-refractivity contribution in [3.8, 4) is 17.2 Å². The van der Waals surface area contributed by atoms with Crippen molar-refractivity contribution in [2.75, 3.05) is 19.8 Å². The van der Waals surface area contributed by atoms with Crippen LogP contribution >= 0.6 is 0 Å². The summed E-state index contributed by atoms with van der Waals surface area (Å²) in [6.07, 6.45) is 0. The summed E-state index contributed by atoms with van der Waals surface area (Å²) in [5, 5.41) is 6.69. The van der Waals surface area contributed by atoms with Crippen molar-refractivity contribution in [3.05, 3.63) is 65.3 Å². The Morgan fingerprint density at radius 3 is 2.49 bits per heavy atom. The van der Waals surface area contributed by atoms with Gasteiger partial charge < -0.3 is 28.8 Å². The van der Waals surface area contributed by atoms with Crippen molar-refractivity contribution in [1.29, 1.82) is 0 Å². The number of carbonyl (C=O) groups is 2. The number of amides is 1. The van der Waals surface area contributed by atoms with Gasteiger partial charge in [0.2, 0.25) is 11.7 Å². The molecule has 1 N–H and O–H groups in total. The zero-order valence-electron chi connectivity index (χ0n) is 19.8. The third-order valence-electron chi connectivity index (χ3n) is 5.27. The van der Waals surface area contributed by atoms with Crippen LogP contribution in [0.4, 0.5) is 0 Å². The van der Waals surface area contributed by atoms with Gasteiger partial charge in [0.1, 0.15) is 19.0 Å². The van der Waals surface area contributed by atoms with Gasteiger partial charge >= 0.3 is 5.97 Å². The Morgan fingerprint density at radius 2 is 1.80 bits per heavy atom. The molecule has 1 aliphatic rings. The quantitative estimate of drug-likeness (QED) is 0.458. The number of rotatable bonds is 9. The normalized spacial score (nSPS) is 13.3. The smallest absolute Gasteiger partial charge is 0.338 e. The standard InChI is InChI=1S/C25H27N3O7/c1-15(2)24(18-6-9-20-21(12-18)32-11-10-31-20)27-23(29)14-34-25(30)17-4-7-19(8-5-17)33-13-22-26-16(3)35-28-22/h4-9,12,15,24H,10-11,13-14H2,1-3H3,(H,27,29). The van der Waals surface area contributed by atoms with Gasteiger partial charge in [0.05, 0.1) is 11.6 Å². The van der Waals surface area contributed by atoms with Crippen LogP contribution in [-0.2, 0) is 16.1 Å². The molecule has 0 saturated carbocycles. The van der Waals surface area contributed by atoms with E-state index in [9.17, 15) is 9.59 Å². The Bertz CT molecular complexity index is 1170. The van der Waals surface area contributed by atoms with Crippen LogP contribution < -0.4 is 19.5 Å². The van der Waals surface area contributed by atoms with Crippen LogP contribution in [-0.4, -0.2) is 41.8 Å². The van der Waals surface area contributed by atoms with Crippen molar-refractivity contribution < 1.29 is 33.1 Å². The molecule has 0 aliphatic carbocycles. The molecule has 1 aliphatic heterocycles. The fraction of sp³-hybridized carbons (Fsp3) is 0.360. The average molecular weight is 482 g/mol. The second-order valence-electron chi connectivity index (χ2n) is 8.31. The van der Waals surface area contributed by atoms with Gasteiger partial charge in [0, 0.05) is 6.92 Å². The highest BCUT2D eigenvalue weighted by molar-refractivity contribution is 5.91. The predicted octanol–water partition coefficient (Wildman–Crippen LogP) is 3.40. The lowest BCUT2D eigenvalue weighted by Gasteiger charge is -2.25. The molecule has 1 unspecified atom stereocenters. The number of nitrogens with one attached hydrogen (secondary N) is 1. The maximum atomic E-state index is 12.5. The largest absolute Gasteiger partial charge is 0.486 e. The molecular weight excluding hydrogens is 454 g/mol. The molecule has 3 aromatic rings. The van der Waals surface area contributed by atoms with Gasteiger partial charge in [-0.1, -0.05) is 25.1 Å². The second kappa shape index (κ2) is 10.9. The summed E-state index contributed by atoms with van der Waals surface area (Å²) in [7, 11) is 0. The van der Waals surface area contributed by atoms with E-state index in [1.807, 2.05) is 32.0 Å². The van der Waals surface area contributed by atoms with E-state index in [0.717, 1.165) is 5.56 Å². The minimum Gasteiger partial charge on any atom is -0.486 e. The summed E-state index contributed by atoms with van der Waals surface area (Å²) < 4.78 is 26.9. The lowest BCUT2D eigenvalue weighted by Crippen LogP contribution is -2.35. The maximum Gasteiger partial charge on any atom is 0.338 e. The first-order chi connectivity index (χ1) is 16.9. The van der Waals surface area contributed by atoms with Gasteiger partial charge in [-0.15, -0.1) is 0 Å². The topological polar surface area (TPSA) is 122 Å². The molecule has 0 spiro atoms. The van der Waals surface area contributed by atoms with Crippen LogP contribution in [0.5, 0.6) is 17.2 Å². The number of aryl methyl sites for hydroxylation is 1. The number of hydrogen-bond acceptors (Lipinski definition) is 9. The van der Waals surface area contributed by atoms with Gasteiger partial charge in [0.25, 0.3) is 5.91 Å². The molecule has 4 rings (SSSR count). The Morgan fingerprint density at radius 1 is 1.06 bits per heavy atom. The average Bonchev–Trinajstić information content (AvgIpc) is 3.29. The van der Waals surface area contributed by atoms with E-state index >= 15 is 0 Å². The first-order valence-corrected chi connectivity index (χ1v) is 11.3. The van der Waals surface area contributed by atoms with Crippen molar-refractivity contribution in [2.24, 2.45) is 5.92 Å². The molecule has 0 fully saturated rings. The molecule has 2 aromatic carbocycles. The van der Waals surface area contributed by atoms with Crippen LogP contribution in [0.15, 0.2) is 47.0 Å². The lowest BCUT2D eigenvalue weighted by molar-refractivity contribution is -0.125. The number of aromatic nitrogens is 2. The van der Waals surface area contributed by atoms with Crippen molar-refractivity contribution in [2.45, 2.75) is 33.4 Å². The molecule has 10 nitrogen and oxygen atoms in total. The molecule has 0 bridgehead atoms. The second-order valence-corrected chi connectivity index (χ2v) is 8.31. The molecule has 35 heavy (non-hydrogen) atoms. The van der Waals surface area contributed by atoms with E-state index in [-0.39, 0.29) is 18.6 Å². The highest BCUT2D eigenvalue weighted by atomic mass is 16.6. The van der Waals surface area contributed by atoms with E-state index in [2.05, 4.69) is 15.5 Å². The van der Waals surface area contributed by atoms with Crippen LogP contribution in [0.1, 0.15) is 47.5 Å². The summed E-state index contributed by atoms with van der Waals surface area (Å²) in [4.78, 5) is 29.0. The lowest BCUT2D eigenvalue weighted by atomic mass is 9.95. The van der Waals surface area contributed by atoms with Gasteiger partial charge in [-0.25, -0.2) is 4.79 Å². The number of benzene rings is 2. The number of hydrogen-bond donors (Lipinski definition) is 1. The van der Waals surface area contributed by atoms with E-state index in [1.54, 1.807) is 31.2 Å². The Balaban J connectivity index is 1.28. The van der Waals surface area contributed by atoms with Crippen molar-refractivity contribution in [3.63, 3.8) is 0 Å². The summed E-state index contributed by atoms with van der Waals surface area (Å²) in [6.45, 7) is 6.42. The van der Waals surface area contributed by atoms with Gasteiger partial charge in [-0.2, -0.15) is 4.98 Å². The van der Waals surface area contributed by atoms with Gasteiger partial charge in [0.15, 0.2) is 24.7 Å². The van der Waals surface area contributed by atoms with Crippen LogP contribution in [0.2, 0.25) is 0 Å². The fourth-order valence-electron chi connectivity index (χ4n) is 3.55. The van der Waals surface area contributed by atoms with E-state index in [1.165, 1.54) is 0 Å². The molecule has 0 radical (unpaired) electrons. The molecule has 10 heteroatoms. The van der Waals surface area contributed by atoms with Crippen LogP contribution in [0, 0.1) is 12.8 Å². The van der Waals surface area contributed by atoms with Crippen LogP contribution in [0.25, 0.3) is 0 Å². The van der Waals surface area contributed by atoms with Gasteiger partial charge in [-0.05, 0) is 47.9 Å². The molecule has 1 atom stereocenters. The van der Waals surface area contributed by atoms with Crippen molar-refractivity contribution >= 4 is 11.9 Å². The number of esters is 1. The molecule has 1 amide bonds. The molecular formula is C25H27N3O7. The van der Waals surface area contributed by atoms with E-state index in [0.29, 0.717) is 47.7 Å². The maximum absolute atomic E-state index is 12.5. The number of ether oxygens (including phenoxy) is 4. The summed E-state index contributed by atoms with van der Waals surface area (Å²) in [5.41, 5.74) is 1.18. The molecule has 184 valence electrons. The van der Waals surface area contributed by atoms with E-state index in [4.69, 9.17) is 23.5 Å². The summed E-state index contributed by atoms with van der Waals surface area (Å²) in [5.74, 6) is 1.83. The minimum atomic E-state index is -0.610. The highest BCUT2D eigenvalue weighted by Crippen LogP contribution is 2.34. The Hall–Kier alpha value is -4.08. The van der Waals surface area contributed by atoms with Crippen molar-refractivity contribution in [1.82, 2.24) is 15.5 Å². The molecule has 1 aromatic heterocycles. The Kier molecular flexibility index (Phi) is 7.49. The highest BCUT2D eigenvalue weighted by Gasteiger charge is 2.22. The number of fused-ring (bicyclic) bond motifs is 1. The SMILES string of the molecule is Cc1nc(COc2ccc(C(=O)OCC(=O)NC(c3ccc4c(c3)OCCO4)C(C)C)cc2)no1. The number of nitrogens with zero attached hydrogens (tertiary/aromatic N) is 2. The fourth-order valence-corrected chi connectivity index (χ4v) is 3.55. The van der Waals surface area contributed by atoms with Gasteiger partial charge in [-0.3, -0.25) is 4.79 Å². The summed E-state index contributed by atoms with van der Waals surface area (Å²) >= 11 is 0. The van der Waals surface area contributed by atoms with Crippen LogP contribution in [0.3, 0.4) is 0 Å². The zero-order valence-corrected chi connectivity index (χ0v) is 19.8. The zero-order chi connectivity index (χ0) is 24.8. The third kappa shape index (κ3) is 6.28. The molecule has 2 heterocycles. The predicted molar refractivity (Wildman–Crippen MR) is 123 cm³/mol.